The van der Waals surface area contributed by atoms with E-state index in [4.69, 9.17) is 11.6 Å². The number of fused-ring (bicyclic) bond motifs is 1. The van der Waals surface area contributed by atoms with E-state index in [-0.39, 0.29) is 5.69 Å². The molecule has 0 radical (unpaired) electrons. The third-order valence-electron chi connectivity index (χ3n) is 3.09. The standard InChI is InChI=1S/C15H8ClN3O3/c16-11-7-3-1-5-9(11)13-10-6-2-4-8-12(10)17-15(20)14(18-13)19(21)22/h1-8H. The van der Waals surface area contributed by atoms with Crippen LogP contribution in [0.1, 0.15) is 0 Å². The molecule has 22 heavy (non-hydrogen) atoms. The van der Waals surface area contributed by atoms with Crippen molar-refractivity contribution < 1.29 is 4.92 Å². The molecule has 0 atom stereocenters. The van der Waals surface area contributed by atoms with Crippen LogP contribution in [-0.2, 0) is 0 Å². The lowest BCUT2D eigenvalue weighted by atomic mass is 10.1. The number of halogens is 1. The quantitative estimate of drug-likeness (QED) is 0.535. The molecule has 0 spiro atoms. The van der Waals surface area contributed by atoms with Crippen molar-refractivity contribution in [2.24, 2.45) is 0 Å². The number of nitrogens with zero attached hydrogens (tertiary/aromatic N) is 3. The SMILES string of the molecule is O=c1nc2ccccc2c(-c2ccccc2Cl)nc1[N+](=O)[O-]. The number of nitro groups is 1. The molecule has 0 bridgehead atoms. The summed E-state index contributed by atoms with van der Waals surface area (Å²) in [4.78, 5) is 29.8. The van der Waals surface area contributed by atoms with Crippen LogP contribution in [0.5, 0.6) is 0 Å². The van der Waals surface area contributed by atoms with Gasteiger partial charge < -0.3 is 10.1 Å². The second-order valence-corrected chi connectivity index (χ2v) is 4.86. The molecule has 6 nitrogen and oxygen atoms in total. The maximum absolute atomic E-state index is 11.9. The zero-order chi connectivity index (χ0) is 15.7. The zero-order valence-corrected chi connectivity index (χ0v) is 11.8. The van der Waals surface area contributed by atoms with Gasteiger partial charge in [0.05, 0.1) is 15.9 Å². The van der Waals surface area contributed by atoms with Crippen molar-refractivity contribution in [2.75, 3.05) is 0 Å². The fraction of sp³-hybridized carbons (Fsp3) is 0. The summed E-state index contributed by atoms with van der Waals surface area (Å²) in [5, 5.41) is 12.0. The Morgan fingerprint density at radius 1 is 1.00 bits per heavy atom. The Hall–Kier alpha value is -2.86. The van der Waals surface area contributed by atoms with E-state index in [1.54, 1.807) is 48.5 Å². The molecule has 1 heterocycles. The molecular formula is C15H8ClN3O3. The number of rotatable bonds is 2. The number of hydrogen-bond acceptors (Lipinski definition) is 5. The second kappa shape index (κ2) is 5.50. The number of benzene rings is 2. The predicted molar refractivity (Wildman–Crippen MR) is 82.9 cm³/mol. The average Bonchev–Trinajstić information content (AvgIpc) is 2.64. The zero-order valence-electron chi connectivity index (χ0n) is 11.1. The summed E-state index contributed by atoms with van der Waals surface area (Å²) < 4.78 is 0. The highest BCUT2D eigenvalue weighted by Gasteiger charge is 2.21. The van der Waals surface area contributed by atoms with Gasteiger partial charge in [-0.05, 0) is 34.2 Å². The molecule has 0 aliphatic rings. The Bertz CT molecular complexity index is 960. The van der Waals surface area contributed by atoms with E-state index in [1.165, 1.54) is 0 Å². The Morgan fingerprint density at radius 2 is 1.68 bits per heavy atom. The van der Waals surface area contributed by atoms with Crippen molar-refractivity contribution in [1.29, 1.82) is 0 Å². The molecule has 0 fully saturated rings. The fourth-order valence-electron chi connectivity index (χ4n) is 2.12. The Morgan fingerprint density at radius 3 is 2.41 bits per heavy atom. The lowest BCUT2D eigenvalue weighted by Crippen LogP contribution is -2.09. The monoisotopic (exact) mass is 313 g/mol. The lowest BCUT2D eigenvalue weighted by Gasteiger charge is -2.00. The molecule has 7 heteroatoms. The maximum atomic E-state index is 11.9. The van der Waals surface area contributed by atoms with Crippen molar-refractivity contribution in [2.45, 2.75) is 0 Å². The van der Waals surface area contributed by atoms with E-state index in [9.17, 15) is 14.9 Å². The molecule has 1 aromatic heterocycles. The lowest BCUT2D eigenvalue weighted by molar-refractivity contribution is -0.390. The van der Waals surface area contributed by atoms with Crippen LogP contribution in [0.4, 0.5) is 5.82 Å². The summed E-state index contributed by atoms with van der Waals surface area (Å²) in [6.07, 6.45) is 0. The minimum absolute atomic E-state index is 0.252. The molecule has 0 aliphatic carbocycles. The third kappa shape index (κ3) is 2.40. The van der Waals surface area contributed by atoms with Gasteiger partial charge in [-0.2, -0.15) is 0 Å². The highest BCUT2D eigenvalue weighted by molar-refractivity contribution is 6.33. The highest BCUT2D eigenvalue weighted by Crippen LogP contribution is 2.30. The first kappa shape index (κ1) is 14.1. The van der Waals surface area contributed by atoms with Crippen LogP contribution < -0.4 is 5.56 Å². The summed E-state index contributed by atoms with van der Waals surface area (Å²) in [6.45, 7) is 0. The Kier molecular flexibility index (Phi) is 3.52. The molecule has 3 rings (SSSR count). The van der Waals surface area contributed by atoms with Crippen LogP contribution >= 0.6 is 11.6 Å². The summed E-state index contributed by atoms with van der Waals surface area (Å²) in [6, 6.07) is 13.5. The molecule has 0 N–H and O–H groups in total. The van der Waals surface area contributed by atoms with Crippen LogP contribution in [-0.4, -0.2) is 14.9 Å². The van der Waals surface area contributed by atoms with Crippen LogP contribution in [0.25, 0.3) is 22.2 Å². The van der Waals surface area contributed by atoms with Gasteiger partial charge in [0.1, 0.15) is 0 Å². The smallest absolute Gasteiger partial charge is 0.358 e. The number of aromatic nitrogens is 2. The Balaban J connectivity index is 2.53. The minimum atomic E-state index is -0.987. The first-order chi connectivity index (χ1) is 10.6. The Labute approximate surface area is 129 Å². The van der Waals surface area contributed by atoms with Gasteiger partial charge in [0.25, 0.3) is 0 Å². The summed E-state index contributed by atoms with van der Waals surface area (Å²) in [7, 11) is 0. The number of hydrogen-bond donors (Lipinski definition) is 0. The molecule has 0 amide bonds. The minimum Gasteiger partial charge on any atom is -0.358 e. The second-order valence-electron chi connectivity index (χ2n) is 4.46. The fourth-order valence-corrected chi connectivity index (χ4v) is 2.35. The van der Waals surface area contributed by atoms with E-state index >= 15 is 0 Å². The van der Waals surface area contributed by atoms with Crippen molar-refractivity contribution in [3.8, 4) is 11.3 Å². The third-order valence-corrected chi connectivity index (χ3v) is 3.42. The van der Waals surface area contributed by atoms with Crippen LogP contribution in [0.3, 0.4) is 0 Å². The van der Waals surface area contributed by atoms with Crippen molar-refractivity contribution in [1.82, 2.24) is 9.97 Å². The first-order valence-electron chi connectivity index (χ1n) is 6.28. The van der Waals surface area contributed by atoms with Gasteiger partial charge in [-0.15, -0.1) is 0 Å². The van der Waals surface area contributed by atoms with E-state index < -0.39 is 16.3 Å². The van der Waals surface area contributed by atoms with Crippen molar-refractivity contribution >= 4 is 28.3 Å². The van der Waals surface area contributed by atoms with Gasteiger partial charge in [0.15, 0.2) is 5.69 Å². The summed E-state index contributed by atoms with van der Waals surface area (Å²) in [5.74, 6) is -0.828. The largest absolute Gasteiger partial charge is 0.432 e. The molecule has 0 saturated heterocycles. The molecule has 3 aromatic rings. The van der Waals surface area contributed by atoms with Gasteiger partial charge >= 0.3 is 11.4 Å². The average molecular weight is 314 g/mol. The van der Waals surface area contributed by atoms with Crippen LogP contribution in [0, 0.1) is 10.1 Å². The molecule has 2 aromatic carbocycles. The van der Waals surface area contributed by atoms with E-state index in [0.29, 0.717) is 21.5 Å². The number of para-hydroxylation sites is 1. The predicted octanol–water partition coefficient (Wildman–Crippen LogP) is 3.22. The van der Waals surface area contributed by atoms with E-state index in [2.05, 4.69) is 9.97 Å². The molecule has 0 unspecified atom stereocenters. The van der Waals surface area contributed by atoms with Crippen LogP contribution in [0.2, 0.25) is 5.02 Å². The van der Waals surface area contributed by atoms with Crippen LogP contribution in [0.15, 0.2) is 53.3 Å². The first-order valence-corrected chi connectivity index (χ1v) is 6.66. The molecular weight excluding hydrogens is 306 g/mol. The van der Waals surface area contributed by atoms with E-state index in [1.807, 2.05) is 0 Å². The van der Waals surface area contributed by atoms with E-state index in [0.717, 1.165) is 0 Å². The summed E-state index contributed by atoms with van der Waals surface area (Å²) in [5.41, 5.74) is 0.0888. The van der Waals surface area contributed by atoms with Gasteiger partial charge in [0.2, 0.25) is 0 Å². The van der Waals surface area contributed by atoms with Gasteiger partial charge in [-0.1, -0.05) is 35.9 Å². The topological polar surface area (TPSA) is 86.0 Å². The molecule has 108 valence electrons. The van der Waals surface area contributed by atoms with Gasteiger partial charge in [0, 0.05) is 5.56 Å². The highest BCUT2D eigenvalue weighted by atomic mass is 35.5. The normalized spacial score (nSPS) is 10.6. The van der Waals surface area contributed by atoms with Gasteiger partial charge in [-0.3, -0.25) is 4.79 Å². The van der Waals surface area contributed by atoms with Crippen molar-refractivity contribution in [3.05, 3.63) is 74.0 Å². The van der Waals surface area contributed by atoms with Gasteiger partial charge in [-0.25, -0.2) is 4.98 Å². The molecule has 0 saturated carbocycles. The maximum Gasteiger partial charge on any atom is 0.432 e. The summed E-state index contributed by atoms with van der Waals surface area (Å²) >= 11 is 6.17. The van der Waals surface area contributed by atoms with Crippen molar-refractivity contribution in [3.63, 3.8) is 0 Å². The molecule has 0 aliphatic heterocycles.